The third-order valence-corrected chi connectivity index (χ3v) is 2.15. The minimum Gasteiger partial charge on any atom is -0.462 e. The molecule has 0 saturated carbocycles. The Balaban J connectivity index is 3.66. The van der Waals surface area contributed by atoms with Crippen LogP contribution in [-0.4, -0.2) is 17.6 Å². The fourth-order valence-corrected chi connectivity index (χ4v) is 1.45. The molecule has 20 heavy (non-hydrogen) atoms. The maximum Gasteiger partial charge on any atom is 0.419 e. The van der Waals surface area contributed by atoms with E-state index in [0.717, 1.165) is 0 Å². The summed E-state index contributed by atoms with van der Waals surface area (Å²) >= 11 is 0. The Bertz CT molecular complexity index is 563. The lowest BCUT2D eigenvalue weighted by atomic mass is 10.0. The second-order valence-electron chi connectivity index (χ2n) is 3.45. The fraction of sp³-hybridized carbons (Fsp3) is 0.364. The van der Waals surface area contributed by atoms with E-state index in [2.05, 4.69) is 9.72 Å². The van der Waals surface area contributed by atoms with Crippen LogP contribution in [0.25, 0.3) is 0 Å². The van der Waals surface area contributed by atoms with Gasteiger partial charge in [0.1, 0.15) is 17.5 Å². The summed E-state index contributed by atoms with van der Waals surface area (Å²) in [5.74, 6) is -1.44. The van der Waals surface area contributed by atoms with Crippen molar-refractivity contribution in [3.63, 3.8) is 0 Å². The number of carbonyl (C=O) groups excluding carboxylic acids is 1. The zero-order valence-electron chi connectivity index (χ0n) is 9.96. The molecule has 0 aliphatic carbocycles. The Kier molecular flexibility index (Phi) is 4.60. The molecule has 0 amide bonds. The van der Waals surface area contributed by atoms with Gasteiger partial charge in [-0.3, -0.25) is 0 Å². The molecule has 0 aromatic carbocycles. The highest BCUT2D eigenvalue weighted by molar-refractivity contribution is 5.92. The molecule has 108 valence electrons. The Morgan fingerprint density at radius 3 is 2.50 bits per heavy atom. The van der Waals surface area contributed by atoms with E-state index in [-0.39, 0.29) is 6.61 Å². The summed E-state index contributed by atoms with van der Waals surface area (Å²) < 4.78 is 68.3. The number of halogens is 5. The number of alkyl halides is 5. The lowest BCUT2D eigenvalue weighted by molar-refractivity contribution is -0.140. The highest BCUT2D eigenvalue weighted by atomic mass is 19.4. The van der Waals surface area contributed by atoms with Gasteiger partial charge in [0.2, 0.25) is 0 Å². The minimum atomic E-state index is -5.23. The van der Waals surface area contributed by atoms with Gasteiger partial charge in [-0.15, -0.1) is 0 Å². The van der Waals surface area contributed by atoms with Gasteiger partial charge in [0.25, 0.3) is 6.43 Å². The number of pyridine rings is 1. The second-order valence-corrected chi connectivity index (χ2v) is 3.45. The number of nitrogens with zero attached hydrogens (tertiary/aromatic N) is 2. The van der Waals surface area contributed by atoms with Crippen LogP contribution in [0.2, 0.25) is 0 Å². The molecule has 0 bridgehead atoms. The molecule has 0 fully saturated rings. The quantitative estimate of drug-likeness (QED) is 0.635. The van der Waals surface area contributed by atoms with Gasteiger partial charge in [0, 0.05) is 0 Å². The van der Waals surface area contributed by atoms with E-state index in [9.17, 15) is 26.7 Å². The Hall–Kier alpha value is -2.24. The number of ether oxygens (including phenoxy) is 1. The minimum absolute atomic E-state index is 0.246. The smallest absolute Gasteiger partial charge is 0.419 e. The van der Waals surface area contributed by atoms with Crippen LogP contribution in [0.3, 0.4) is 0 Å². The van der Waals surface area contributed by atoms with Gasteiger partial charge in [-0.1, -0.05) is 0 Å². The summed E-state index contributed by atoms with van der Waals surface area (Å²) in [5, 5.41) is 8.58. The van der Waals surface area contributed by atoms with Crippen molar-refractivity contribution >= 4 is 5.97 Å². The van der Waals surface area contributed by atoms with Crippen LogP contribution < -0.4 is 0 Å². The standard InChI is InChI=1S/C11H7F5N2O2/c1-2-20-10(19)6-3-5(4-17)18-8(9(12)13)7(6)11(14,15)16/h3,9H,2H2,1H3. The Labute approximate surface area is 109 Å². The molecule has 1 aromatic heterocycles. The predicted molar refractivity (Wildman–Crippen MR) is 54.9 cm³/mol. The maximum absolute atomic E-state index is 12.8. The first-order valence-corrected chi connectivity index (χ1v) is 5.19. The van der Waals surface area contributed by atoms with Crippen molar-refractivity contribution < 1.29 is 31.5 Å². The Morgan fingerprint density at radius 2 is 2.10 bits per heavy atom. The highest BCUT2D eigenvalue weighted by Gasteiger charge is 2.42. The molecular weight excluding hydrogens is 287 g/mol. The van der Waals surface area contributed by atoms with Gasteiger partial charge >= 0.3 is 12.1 Å². The third kappa shape index (κ3) is 3.20. The lowest BCUT2D eigenvalue weighted by Crippen LogP contribution is -2.20. The highest BCUT2D eigenvalue weighted by Crippen LogP contribution is 2.38. The normalized spacial score (nSPS) is 11.3. The molecule has 4 nitrogen and oxygen atoms in total. The topological polar surface area (TPSA) is 63.0 Å². The largest absolute Gasteiger partial charge is 0.462 e. The van der Waals surface area contributed by atoms with Crippen molar-refractivity contribution in [3.05, 3.63) is 28.6 Å². The van der Waals surface area contributed by atoms with Crippen LogP contribution in [-0.2, 0) is 10.9 Å². The average Bonchev–Trinajstić information content (AvgIpc) is 2.36. The van der Waals surface area contributed by atoms with Gasteiger partial charge in [0.15, 0.2) is 0 Å². The third-order valence-electron chi connectivity index (χ3n) is 2.15. The summed E-state index contributed by atoms with van der Waals surface area (Å²) in [6.07, 6.45) is -8.82. The van der Waals surface area contributed by atoms with Crippen molar-refractivity contribution in [3.8, 4) is 6.07 Å². The molecule has 0 N–H and O–H groups in total. The van der Waals surface area contributed by atoms with Crippen LogP contribution in [0.15, 0.2) is 6.07 Å². The van der Waals surface area contributed by atoms with Crippen molar-refractivity contribution in [1.29, 1.82) is 5.26 Å². The first-order chi connectivity index (χ1) is 9.22. The molecular formula is C11H7F5N2O2. The molecule has 0 saturated heterocycles. The van der Waals surface area contributed by atoms with Crippen LogP contribution >= 0.6 is 0 Å². The predicted octanol–water partition coefficient (Wildman–Crippen LogP) is 3.09. The molecule has 9 heteroatoms. The number of carbonyl (C=O) groups is 1. The number of esters is 1. The van der Waals surface area contributed by atoms with E-state index in [1.807, 2.05) is 0 Å². The van der Waals surface area contributed by atoms with Crippen molar-refractivity contribution in [2.24, 2.45) is 0 Å². The van der Waals surface area contributed by atoms with Crippen molar-refractivity contribution in [2.75, 3.05) is 6.61 Å². The van der Waals surface area contributed by atoms with E-state index >= 15 is 0 Å². The molecule has 1 heterocycles. The average molecular weight is 294 g/mol. The maximum atomic E-state index is 12.8. The number of rotatable bonds is 3. The number of aromatic nitrogens is 1. The van der Waals surface area contributed by atoms with E-state index in [1.54, 1.807) is 0 Å². The van der Waals surface area contributed by atoms with Gasteiger partial charge in [-0.25, -0.2) is 18.6 Å². The molecule has 0 aliphatic heterocycles. The van der Waals surface area contributed by atoms with Crippen LogP contribution in [0, 0.1) is 11.3 Å². The van der Waals surface area contributed by atoms with Gasteiger partial charge in [-0.2, -0.15) is 18.4 Å². The molecule has 0 unspecified atom stereocenters. The summed E-state index contributed by atoms with van der Waals surface area (Å²) in [4.78, 5) is 14.4. The van der Waals surface area contributed by atoms with Crippen molar-refractivity contribution in [2.45, 2.75) is 19.5 Å². The van der Waals surface area contributed by atoms with Crippen molar-refractivity contribution in [1.82, 2.24) is 4.98 Å². The van der Waals surface area contributed by atoms with E-state index in [0.29, 0.717) is 6.07 Å². The number of hydrogen-bond donors (Lipinski definition) is 0. The monoisotopic (exact) mass is 294 g/mol. The van der Waals surface area contributed by atoms with E-state index in [1.165, 1.54) is 13.0 Å². The summed E-state index contributed by atoms with van der Waals surface area (Å²) in [6.45, 7) is 1.09. The van der Waals surface area contributed by atoms with Crippen LogP contribution in [0.5, 0.6) is 0 Å². The summed E-state index contributed by atoms with van der Waals surface area (Å²) in [5.41, 5.74) is -5.43. The SMILES string of the molecule is CCOC(=O)c1cc(C#N)nc(C(F)F)c1C(F)(F)F. The molecule has 0 aliphatic rings. The fourth-order valence-electron chi connectivity index (χ4n) is 1.45. The molecule has 1 rings (SSSR count). The number of nitriles is 1. The lowest BCUT2D eigenvalue weighted by Gasteiger charge is -2.15. The first kappa shape index (κ1) is 15.8. The van der Waals surface area contributed by atoms with Gasteiger partial charge < -0.3 is 4.74 Å². The molecule has 1 aromatic rings. The molecule has 0 atom stereocenters. The van der Waals surface area contributed by atoms with E-state index < -0.39 is 41.1 Å². The summed E-state index contributed by atoms with van der Waals surface area (Å²) in [7, 11) is 0. The first-order valence-electron chi connectivity index (χ1n) is 5.19. The Morgan fingerprint density at radius 1 is 1.50 bits per heavy atom. The zero-order valence-corrected chi connectivity index (χ0v) is 9.96. The van der Waals surface area contributed by atoms with Gasteiger partial charge in [-0.05, 0) is 13.0 Å². The molecule has 0 spiro atoms. The summed E-state index contributed by atoms with van der Waals surface area (Å²) in [6, 6.07) is 1.80. The molecule has 0 radical (unpaired) electrons. The van der Waals surface area contributed by atoms with Crippen LogP contribution in [0.1, 0.15) is 40.7 Å². The second kappa shape index (κ2) is 5.81. The van der Waals surface area contributed by atoms with E-state index in [4.69, 9.17) is 5.26 Å². The number of hydrogen-bond acceptors (Lipinski definition) is 4. The van der Waals surface area contributed by atoms with Gasteiger partial charge in [0.05, 0.1) is 17.7 Å². The van der Waals surface area contributed by atoms with Crippen LogP contribution in [0.4, 0.5) is 22.0 Å². The zero-order chi connectivity index (χ0) is 15.5.